The molecule has 8 heteroatoms. The molecule has 0 bridgehead atoms. The predicted molar refractivity (Wildman–Crippen MR) is 109 cm³/mol. The van der Waals surface area contributed by atoms with Crippen LogP contribution in [0.15, 0.2) is 54.0 Å². The summed E-state index contributed by atoms with van der Waals surface area (Å²) in [4.78, 5) is 23.3. The number of hydrogen-bond donors (Lipinski definition) is 1. The molecule has 0 spiro atoms. The third kappa shape index (κ3) is 4.06. The maximum Gasteiger partial charge on any atom is 0.152 e. The normalized spacial score (nSPS) is 11.5. The topological polar surface area (TPSA) is 87.9 Å². The van der Waals surface area contributed by atoms with Gasteiger partial charge in [0.2, 0.25) is 0 Å². The number of rotatable bonds is 7. The molecule has 3 heterocycles. The Labute approximate surface area is 163 Å². The number of H-pyrrole nitrogens is 1. The summed E-state index contributed by atoms with van der Waals surface area (Å²) >= 11 is 0. The Morgan fingerprint density at radius 1 is 1.25 bits per heavy atom. The molecule has 1 N–H and O–H groups in total. The lowest BCUT2D eigenvalue weighted by molar-refractivity contribution is 0.766. The van der Waals surface area contributed by atoms with Gasteiger partial charge in [-0.25, -0.2) is 15.0 Å². The number of aromatic nitrogens is 6. The van der Waals surface area contributed by atoms with Gasteiger partial charge in [0.05, 0.1) is 18.3 Å². The minimum atomic E-state index is 0.430. The van der Waals surface area contributed by atoms with Crippen molar-refractivity contribution in [3.8, 4) is 0 Å². The van der Waals surface area contributed by atoms with Crippen LogP contribution < -0.4 is 4.90 Å². The number of aromatic amines is 1. The molecule has 28 heavy (non-hydrogen) atoms. The molecule has 0 aliphatic rings. The highest BCUT2D eigenvalue weighted by Crippen LogP contribution is 2.24. The van der Waals surface area contributed by atoms with E-state index in [0.29, 0.717) is 18.8 Å². The second-order valence-corrected chi connectivity index (χ2v) is 6.62. The largest absolute Gasteiger partial charge is 0.355 e. The van der Waals surface area contributed by atoms with Gasteiger partial charge in [0.15, 0.2) is 5.82 Å². The molecular formula is C20H22N8. The fourth-order valence-corrected chi connectivity index (χ4v) is 3.08. The van der Waals surface area contributed by atoms with Gasteiger partial charge in [-0.15, -0.1) is 0 Å². The lowest BCUT2D eigenvalue weighted by Gasteiger charge is -2.19. The van der Waals surface area contributed by atoms with Crippen molar-refractivity contribution < 1.29 is 0 Å². The maximum absolute atomic E-state index is 4.79. The predicted octanol–water partition coefficient (Wildman–Crippen LogP) is 2.54. The molecule has 0 aliphatic carbocycles. The molecule has 0 fully saturated rings. The third-order valence-electron chi connectivity index (χ3n) is 4.37. The molecule has 0 aliphatic heterocycles. The zero-order chi connectivity index (χ0) is 19.3. The first-order valence-electron chi connectivity index (χ1n) is 9.10. The summed E-state index contributed by atoms with van der Waals surface area (Å²) in [5, 5.41) is 5.27. The molecule has 4 aromatic rings. The standard InChI is InChI=1S/C20H22N8/c1-27(13-15-11-24-28(2)14-15)20-16-5-3-4-6-17(16)25-19(26-20)12-21-8-7-18-22-9-10-23-18/h3-6,8-11,14H,7,12-13H2,1-2H3,(H,22,23). The van der Waals surface area contributed by atoms with E-state index in [0.717, 1.165) is 34.7 Å². The van der Waals surface area contributed by atoms with Gasteiger partial charge in [0, 0.05) is 62.8 Å². The van der Waals surface area contributed by atoms with Crippen LogP contribution in [-0.2, 0) is 26.6 Å². The van der Waals surface area contributed by atoms with E-state index < -0.39 is 0 Å². The van der Waals surface area contributed by atoms with Gasteiger partial charge in [-0.1, -0.05) is 12.1 Å². The lowest BCUT2D eigenvalue weighted by atomic mass is 10.2. The summed E-state index contributed by atoms with van der Waals surface area (Å²) in [6, 6.07) is 8.06. The second kappa shape index (κ2) is 7.99. The van der Waals surface area contributed by atoms with Crippen molar-refractivity contribution in [3.63, 3.8) is 0 Å². The summed E-state index contributed by atoms with van der Waals surface area (Å²) in [5.41, 5.74) is 2.05. The first kappa shape index (κ1) is 17.8. The lowest BCUT2D eigenvalue weighted by Crippen LogP contribution is -2.19. The number of hydrogen-bond acceptors (Lipinski definition) is 6. The number of aliphatic imine (C=N–C) groups is 1. The number of fused-ring (bicyclic) bond motifs is 1. The van der Waals surface area contributed by atoms with Crippen molar-refractivity contribution in [2.75, 3.05) is 11.9 Å². The van der Waals surface area contributed by atoms with Crippen LogP contribution in [0, 0.1) is 0 Å². The van der Waals surface area contributed by atoms with Crippen LogP contribution in [-0.4, -0.2) is 43.0 Å². The first-order chi connectivity index (χ1) is 13.7. The Morgan fingerprint density at radius 3 is 2.93 bits per heavy atom. The van der Waals surface area contributed by atoms with Crippen molar-refractivity contribution in [3.05, 3.63) is 66.3 Å². The van der Waals surface area contributed by atoms with Crippen molar-refractivity contribution >= 4 is 22.9 Å². The molecule has 0 amide bonds. The Morgan fingerprint density at radius 2 is 2.14 bits per heavy atom. The highest BCUT2D eigenvalue weighted by atomic mass is 15.2. The molecule has 4 rings (SSSR count). The smallest absolute Gasteiger partial charge is 0.152 e. The molecule has 8 nitrogen and oxygen atoms in total. The minimum absolute atomic E-state index is 0.430. The SMILES string of the molecule is CN(Cc1cnn(C)c1)c1nc(CN=CCc2ncc[nH]2)nc2ccccc12. The Hall–Kier alpha value is -3.55. The quantitative estimate of drug-likeness (QED) is 0.502. The van der Waals surface area contributed by atoms with Crippen LogP contribution in [0.2, 0.25) is 0 Å². The summed E-state index contributed by atoms with van der Waals surface area (Å²) in [6.45, 7) is 1.15. The highest BCUT2D eigenvalue weighted by molar-refractivity contribution is 5.89. The second-order valence-electron chi connectivity index (χ2n) is 6.62. The molecule has 0 unspecified atom stereocenters. The van der Waals surface area contributed by atoms with Crippen molar-refractivity contribution in [2.45, 2.75) is 19.5 Å². The minimum Gasteiger partial charge on any atom is -0.355 e. The maximum atomic E-state index is 4.79. The Balaban J connectivity index is 1.56. The van der Waals surface area contributed by atoms with Gasteiger partial charge in [-0.2, -0.15) is 5.10 Å². The van der Waals surface area contributed by atoms with E-state index in [2.05, 4.69) is 29.9 Å². The summed E-state index contributed by atoms with van der Waals surface area (Å²) in [6.07, 6.45) is 9.93. The Kier molecular flexibility index (Phi) is 5.09. The van der Waals surface area contributed by atoms with Crippen LogP contribution in [0.1, 0.15) is 17.2 Å². The molecule has 142 valence electrons. The van der Waals surface area contributed by atoms with Crippen molar-refractivity contribution in [1.29, 1.82) is 0 Å². The summed E-state index contributed by atoms with van der Waals surface area (Å²) < 4.78 is 1.81. The number of nitrogens with zero attached hydrogens (tertiary/aromatic N) is 7. The van der Waals surface area contributed by atoms with Gasteiger partial charge in [-0.3, -0.25) is 9.67 Å². The summed E-state index contributed by atoms with van der Waals surface area (Å²) in [5.74, 6) is 2.48. The molecular weight excluding hydrogens is 352 g/mol. The van der Waals surface area contributed by atoms with Gasteiger partial charge < -0.3 is 9.88 Å². The number of nitrogens with one attached hydrogen (secondary N) is 1. The van der Waals surface area contributed by atoms with E-state index in [9.17, 15) is 0 Å². The molecule has 1 aromatic carbocycles. The van der Waals surface area contributed by atoms with Crippen LogP contribution in [0.25, 0.3) is 10.9 Å². The third-order valence-corrected chi connectivity index (χ3v) is 4.37. The van der Waals surface area contributed by atoms with E-state index in [1.165, 1.54) is 0 Å². The fraction of sp³-hybridized carbons (Fsp3) is 0.250. The van der Waals surface area contributed by atoms with Crippen molar-refractivity contribution in [1.82, 2.24) is 29.7 Å². The van der Waals surface area contributed by atoms with Gasteiger partial charge >= 0.3 is 0 Å². The van der Waals surface area contributed by atoms with Crippen LogP contribution >= 0.6 is 0 Å². The van der Waals surface area contributed by atoms with Gasteiger partial charge in [-0.05, 0) is 12.1 Å². The van der Waals surface area contributed by atoms with Crippen LogP contribution in [0.4, 0.5) is 5.82 Å². The zero-order valence-corrected chi connectivity index (χ0v) is 15.9. The molecule has 0 atom stereocenters. The average Bonchev–Trinajstić information content (AvgIpc) is 3.36. The number of benzene rings is 1. The van der Waals surface area contributed by atoms with Crippen LogP contribution in [0.3, 0.4) is 0 Å². The molecule has 3 aromatic heterocycles. The van der Waals surface area contributed by atoms with E-state index in [4.69, 9.17) is 4.98 Å². The van der Waals surface area contributed by atoms with E-state index in [1.54, 1.807) is 17.1 Å². The molecule has 0 saturated carbocycles. The van der Waals surface area contributed by atoms with E-state index in [-0.39, 0.29) is 0 Å². The average molecular weight is 374 g/mol. The number of aryl methyl sites for hydroxylation is 1. The number of anilines is 1. The molecule has 0 saturated heterocycles. The highest BCUT2D eigenvalue weighted by Gasteiger charge is 2.12. The molecule has 0 radical (unpaired) electrons. The number of imidazole rings is 1. The van der Waals surface area contributed by atoms with Gasteiger partial charge in [0.25, 0.3) is 0 Å². The van der Waals surface area contributed by atoms with Crippen LogP contribution in [0.5, 0.6) is 0 Å². The van der Waals surface area contributed by atoms with Gasteiger partial charge in [0.1, 0.15) is 11.6 Å². The van der Waals surface area contributed by atoms with Crippen molar-refractivity contribution in [2.24, 2.45) is 12.0 Å². The van der Waals surface area contributed by atoms with E-state index in [1.807, 2.05) is 57.0 Å². The first-order valence-corrected chi connectivity index (χ1v) is 9.10. The zero-order valence-electron chi connectivity index (χ0n) is 15.9. The van der Waals surface area contributed by atoms with E-state index >= 15 is 0 Å². The fourth-order valence-electron chi connectivity index (χ4n) is 3.08. The monoisotopic (exact) mass is 374 g/mol. The summed E-state index contributed by atoms with van der Waals surface area (Å²) in [7, 11) is 3.95. The Bertz CT molecular complexity index is 1080. The number of para-hydroxylation sites is 1.